The average molecular weight is 1070 g/mol. The van der Waals surface area contributed by atoms with Gasteiger partial charge in [-0.2, -0.15) is 0 Å². The van der Waals surface area contributed by atoms with Gasteiger partial charge in [0.05, 0.1) is 11.4 Å². The van der Waals surface area contributed by atoms with Crippen molar-refractivity contribution in [1.82, 2.24) is 0 Å². The van der Waals surface area contributed by atoms with Crippen molar-refractivity contribution in [1.29, 1.82) is 0 Å². The molecule has 0 amide bonds. The van der Waals surface area contributed by atoms with Gasteiger partial charge in [0, 0.05) is 77.0 Å². The van der Waals surface area contributed by atoms with Crippen LogP contribution in [0.3, 0.4) is 0 Å². The lowest BCUT2D eigenvalue weighted by Gasteiger charge is -2.27. The van der Waals surface area contributed by atoms with Crippen molar-refractivity contribution in [2.24, 2.45) is 0 Å². The molecule has 11 aromatic carbocycles. The Kier molecular flexibility index (Phi) is 10.7. The standard InChI is InChI=1S/C76H64N2O4/c1-41-31-53(32-42(2)45(41)5)77(65-23-15-19-57-55-17-13-21-63(75(7,8)9)69(55)81-71(57)65)51-27-25-47-37-61-59-29-30-60-62-38-48-26-28-52(36-50(48)40-68(62)80-74(60)73(59)79-67(61)39-49(47)35-51)78(54-33-43(3)46(6)44(4)34-54)66-24-16-20-58-56-18-14-22-64(76(10,11)12)70(56)82-72(58)66/h13-40H,1-12H3. The van der Waals surface area contributed by atoms with Crippen LogP contribution < -0.4 is 9.80 Å². The molecule has 402 valence electrons. The number of para-hydroxylation sites is 4. The van der Waals surface area contributed by atoms with Crippen molar-refractivity contribution in [2.75, 3.05) is 9.80 Å². The fourth-order valence-corrected chi connectivity index (χ4v) is 13.1. The Labute approximate surface area is 476 Å². The summed E-state index contributed by atoms with van der Waals surface area (Å²) >= 11 is 0. The third-order valence-corrected chi connectivity index (χ3v) is 17.9. The number of nitrogens with zero attached hydrogens (tertiary/aromatic N) is 2. The topological polar surface area (TPSA) is 59.0 Å². The molecule has 0 spiro atoms. The lowest BCUT2D eigenvalue weighted by atomic mass is 9.86. The van der Waals surface area contributed by atoms with Crippen LogP contribution in [0, 0.1) is 41.5 Å². The third kappa shape index (κ3) is 7.53. The van der Waals surface area contributed by atoms with Gasteiger partial charge in [-0.3, -0.25) is 0 Å². The molecule has 0 unspecified atom stereocenters. The summed E-state index contributed by atoms with van der Waals surface area (Å²) in [6.45, 7) is 26.7. The Bertz CT molecular complexity index is 4840. The molecule has 4 aromatic heterocycles. The van der Waals surface area contributed by atoms with Gasteiger partial charge in [-0.25, -0.2) is 0 Å². The molecule has 0 bridgehead atoms. The minimum absolute atomic E-state index is 0.0921. The summed E-state index contributed by atoms with van der Waals surface area (Å²) in [6.07, 6.45) is 0. The first-order chi connectivity index (χ1) is 39.4. The molecule has 0 aliphatic carbocycles. The lowest BCUT2D eigenvalue weighted by Crippen LogP contribution is -2.11. The maximum absolute atomic E-state index is 7.03. The van der Waals surface area contributed by atoms with Crippen LogP contribution in [0.2, 0.25) is 0 Å². The molecule has 0 radical (unpaired) electrons. The van der Waals surface area contributed by atoms with E-state index in [4.69, 9.17) is 17.7 Å². The summed E-state index contributed by atoms with van der Waals surface area (Å²) < 4.78 is 28.0. The van der Waals surface area contributed by atoms with E-state index in [9.17, 15) is 0 Å². The van der Waals surface area contributed by atoms with E-state index in [0.717, 1.165) is 143 Å². The number of hydrogen-bond acceptors (Lipinski definition) is 6. The molecular formula is C76H64N2O4. The van der Waals surface area contributed by atoms with Crippen LogP contribution in [0.25, 0.3) is 109 Å². The molecular weight excluding hydrogens is 1000 g/mol. The van der Waals surface area contributed by atoms with Crippen molar-refractivity contribution in [3.05, 3.63) is 214 Å². The highest BCUT2D eigenvalue weighted by atomic mass is 16.4. The van der Waals surface area contributed by atoms with Gasteiger partial charge in [0.15, 0.2) is 22.3 Å². The average Bonchev–Trinajstić information content (AvgIpc) is 4.39. The molecule has 0 N–H and O–H groups in total. The molecule has 0 fully saturated rings. The second kappa shape index (κ2) is 17.6. The predicted molar refractivity (Wildman–Crippen MR) is 346 cm³/mol. The second-order valence-electron chi connectivity index (χ2n) is 25.2. The Balaban J connectivity index is 0.862. The van der Waals surface area contributed by atoms with E-state index in [1.807, 2.05) is 0 Å². The summed E-state index contributed by atoms with van der Waals surface area (Å²) in [5.41, 5.74) is 22.6. The number of anilines is 6. The van der Waals surface area contributed by atoms with Crippen LogP contribution in [-0.4, -0.2) is 0 Å². The zero-order valence-electron chi connectivity index (χ0n) is 48.7. The maximum atomic E-state index is 7.03. The highest BCUT2D eigenvalue weighted by molar-refractivity contribution is 6.22. The highest BCUT2D eigenvalue weighted by Crippen LogP contribution is 2.49. The molecule has 6 heteroatoms. The summed E-state index contributed by atoms with van der Waals surface area (Å²) in [6, 6.07) is 62.2. The molecule has 0 saturated carbocycles. The first-order valence-electron chi connectivity index (χ1n) is 28.7. The van der Waals surface area contributed by atoms with E-state index in [0.29, 0.717) is 0 Å². The minimum Gasteiger partial charge on any atom is -0.454 e. The quantitative estimate of drug-likeness (QED) is 0.165. The van der Waals surface area contributed by atoms with Crippen molar-refractivity contribution in [3.8, 4) is 0 Å². The normalized spacial score (nSPS) is 12.6. The first-order valence-corrected chi connectivity index (χ1v) is 28.7. The van der Waals surface area contributed by atoms with Gasteiger partial charge in [-0.1, -0.05) is 114 Å². The molecule has 4 heterocycles. The number of furan rings is 4. The third-order valence-electron chi connectivity index (χ3n) is 17.9. The van der Waals surface area contributed by atoms with Crippen LogP contribution in [0.1, 0.15) is 86.1 Å². The van der Waals surface area contributed by atoms with E-state index in [2.05, 4.69) is 263 Å². The smallest absolute Gasteiger partial charge is 0.178 e. The van der Waals surface area contributed by atoms with E-state index in [1.165, 1.54) is 44.5 Å². The van der Waals surface area contributed by atoms with E-state index < -0.39 is 0 Å². The van der Waals surface area contributed by atoms with Gasteiger partial charge in [0.25, 0.3) is 0 Å². The van der Waals surface area contributed by atoms with Crippen molar-refractivity contribution < 1.29 is 17.7 Å². The predicted octanol–water partition coefficient (Wildman–Crippen LogP) is 23.0. The van der Waals surface area contributed by atoms with E-state index in [1.54, 1.807) is 0 Å². The number of hydrogen-bond donors (Lipinski definition) is 0. The molecule has 82 heavy (non-hydrogen) atoms. The zero-order valence-corrected chi connectivity index (χ0v) is 48.7. The fourth-order valence-electron chi connectivity index (χ4n) is 13.1. The summed E-state index contributed by atoms with van der Waals surface area (Å²) in [5.74, 6) is 0. The van der Waals surface area contributed by atoms with Gasteiger partial charge in [0.1, 0.15) is 22.3 Å². The SMILES string of the molecule is Cc1cc(N(c2ccc3cc4c(cc3c2)oc2c4ccc3c4cc5ccc(N(c6cc(C)c(C)c(C)c6)c6cccc7c6oc6c(C(C)(C)C)cccc67)cc5cc4oc32)c2cccc3c2oc2c(C(C)(C)C)cccc23)cc(C)c1C. The molecule has 0 atom stereocenters. The van der Waals surface area contributed by atoms with Crippen LogP contribution in [-0.2, 0) is 10.8 Å². The fraction of sp³-hybridized carbons (Fsp3) is 0.184. The van der Waals surface area contributed by atoms with Gasteiger partial charge < -0.3 is 27.5 Å². The Morgan fingerprint density at radius 1 is 0.280 bits per heavy atom. The number of fused-ring (bicyclic) bond motifs is 15. The lowest BCUT2D eigenvalue weighted by molar-refractivity contribution is 0.572. The van der Waals surface area contributed by atoms with Crippen LogP contribution in [0.5, 0.6) is 0 Å². The Morgan fingerprint density at radius 2 is 0.634 bits per heavy atom. The number of benzene rings is 11. The minimum atomic E-state index is -0.0921. The molecule has 0 aliphatic heterocycles. The molecule has 0 aliphatic rings. The first kappa shape index (κ1) is 49.8. The number of rotatable bonds is 6. The van der Waals surface area contributed by atoms with Crippen LogP contribution in [0.15, 0.2) is 188 Å². The maximum Gasteiger partial charge on any atom is 0.178 e. The Morgan fingerprint density at radius 3 is 1.01 bits per heavy atom. The van der Waals surface area contributed by atoms with Gasteiger partial charge in [-0.15, -0.1) is 0 Å². The summed E-state index contributed by atoms with van der Waals surface area (Å²) in [4.78, 5) is 4.72. The van der Waals surface area contributed by atoms with Crippen molar-refractivity contribution >= 4 is 143 Å². The molecule has 15 rings (SSSR count). The second-order valence-corrected chi connectivity index (χ2v) is 25.2. The summed E-state index contributed by atoms with van der Waals surface area (Å²) in [7, 11) is 0. The van der Waals surface area contributed by atoms with Crippen molar-refractivity contribution in [3.63, 3.8) is 0 Å². The van der Waals surface area contributed by atoms with Gasteiger partial charge in [-0.05, 0) is 204 Å². The monoisotopic (exact) mass is 1070 g/mol. The molecule has 0 saturated heterocycles. The van der Waals surface area contributed by atoms with E-state index >= 15 is 0 Å². The summed E-state index contributed by atoms with van der Waals surface area (Å²) in [5, 5.41) is 13.0. The van der Waals surface area contributed by atoms with Gasteiger partial charge >= 0.3 is 0 Å². The van der Waals surface area contributed by atoms with E-state index in [-0.39, 0.29) is 10.8 Å². The number of aryl methyl sites for hydroxylation is 4. The van der Waals surface area contributed by atoms with Crippen molar-refractivity contribution in [2.45, 2.75) is 93.9 Å². The van der Waals surface area contributed by atoms with Crippen LogP contribution >= 0.6 is 0 Å². The molecule has 15 aromatic rings. The largest absolute Gasteiger partial charge is 0.454 e. The highest BCUT2D eigenvalue weighted by Gasteiger charge is 2.28. The zero-order chi connectivity index (χ0) is 56.4. The van der Waals surface area contributed by atoms with Crippen LogP contribution in [0.4, 0.5) is 34.1 Å². The molecule has 6 nitrogen and oxygen atoms in total. The Hall–Kier alpha value is -9.26. The van der Waals surface area contributed by atoms with Gasteiger partial charge in [0.2, 0.25) is 0 Å².